The number of rotatable bonds is 2. The largest absolute Gasteiger partial charge is 0.319 e. The van der Waals surface area contributed by atoms with Crippen LogP contribution in [0.1, 0.15) is 0 Å². The molecule has 0 bridgehead atoms. The van der Waals surface area contributed by atoms with E-state index in [9.17, 15) is 4.79 Å². The smallest absolute Gasteiger partial charge is 0.276 e. The Balaban J connectivity index is 1.90. The molecule has 0 fully saturated rings. The van der Waals surface area contributed by atoms with E-state index in [2.05, 4.69) is 9.97 Å². The molecule has 26 heavy (non-hydrogen) atoms. The molecule has 5 aromatic rings. The Morgan fingerprint density at radius 1 is 0.769 bits per heavy atom. The monoisotopic (exact) mass is 338 g/mol. The summed E-state index contributed by atoms with van der Waals surface area (Å²) in [4.78, 5) is 25.1. The van der Waals surface area contributed by atoms with Crippen LogP contribution in [0, 0.1) is 0 Å². The van der Waals surface area contributed by atoms with Crippen LogP contribution in [0.5, 0.6) is 0 Å². The predicted molar refractivity (Wildman–Crippen MR) is 102 cm³/mol. The van der Waals surface area contributed by atoms with Crippen molar-refractivity contribution >= 4 is 16.7 Å². The van der Waals surface area contributed by atoms with Crippen LogP contribution in [0.3, 0.4) is 0 Å². The lowest BCUT2D eigenvalue weighted by Crippen LogP contribution is -2.13. The van der Waals surface area contributed by atoms with Crippen LogP contribution >= 0.6 is 0 Å². The van der Waals surface area contributed by atoms with Gasteiger partial charge in [-0.25, -0.2) is 9.97 Å². The number of aromatic amines is 1. The fourth-order valence-corrected chi connectivity index (χ4v) is 3.21. The number of nitrogens with zero attached hydrogens (tertiary/aromatic N) is 3. The lowest BCUT2D eigenvalue weighted by Gasteiger charge is -2.06. The molecule has 5 heteroatoms. The van der Waals surface area contributed by atoms with Gasteiger partial charge in [0.25, 0.3) is 5.56 Å². The quantitative estimate of drug-likeness (QED) is 0.531. The molecular formula is C21H14N4O. The van der Waals surface area contributed by atoms with E-state index in [0.717, 1.165) is 27.9 Å². The Morgan fingerprint density at radius 3 is 2.42 bits per heavy atom. The van der Waals surface area contributed by atoms with Crippen molar-refractivity contribution < 1.29 is 0 Å². The summed E-state index contributed by atoms with van der Waals surface area (Å²) in [7, 11) is 0. The molecule has 5 rings (SSSR count). The molecule has 0 atom stereocenters. The topological polar surface area (TPSA) is 63.0 Å². The van der Waals surface area contributed by atoms with Crippen LogP contribution < -0.4 is 5.56 Å². The van der Waals surface area contributed by atoms with Gasteiger partial charge in [0.1, 0.15) is 11.3 Å². The van der Waals surface area contributed by atoms with Crippen LogP contribution in [0.15, 0.2) is 83.8 Å². The summed E-state index contributed by atoms with van der Waals surface area (Å²) in [6.07, 6.45) is 1.90. The summed E-state index contributed by atoms with van der Waals surface area (Å²) in [5, 5.41) is 0. The number of aromatic nitrogens is 4. The molecule has 0 unspecified atom stereocenters. The molecule has 0 aliphatic heterocycles. The summed E-state index contributed by atoms with van der Waals surface area (Å²) >= 11 is 0. The lowest BCUT2D eigenvalue weighted by molar-refractivity contribution is 1.14. The van der Waals surface area contributed by atoms with Crippen LogP contribution in [-0.4, -0.2) is 19.4 Å². The number of imidazole rings is 1. The highest BCUT2D eigenvalue weighted by molar-refractivity contribution is 5.83. The van der Waals surface area contributed by atoms with Crippen LogP contribution in [0.4, 0.5) is 0 Å². The minimum atomic E-state index is -0.230. The minimum absolute atomic E-state index is 0.230. The van der Waals surface area contributed by atoms with Crippen molar-refractivity contribution in [2.75, 3.05) is 0 Å². The first-order valence-electron chi connectivity index (χ1n) is 8.33. The Kier molecular flexibility index (Phi) is 3.18. The van der Waals surface area contributed by atoms with Gasteiger partial charge in [0, 0.05) is 11.8 Å². The highest BCUT2D eigenvalue weighted by Crippen LogP contribution is 2.30. The third-order valence-electron chi connectivity index (χ3n) is 4.40. The number of fused-ring (bicyclic) bond motifs is 2. The van der Waals surface area contributed by atoms with Gasteiger partial charge < -0.3 is 4.98 Å². The van der Waals surface area contributed by atoms with Gasteiger partial charge >= 0.3 is 0 Å². The molecule has 0 radical (unpaired) electrons. The molecule has 0 aliphatic rings. The molecule has 1 N–H and O–H groups in total. The average molecular weight is 338 g/mol. The maximum absolute atomic E-state index is 12.8. The van der Waals surface area contributed by atoms with Gasteiger partial charge in [0.2, 0.25) is 0 Å². The third-order valence-corrected chi connectivity index (χ3v) is 4.40. The van der Waals surface area contributed by atoms with Crippen molar-refractivity contribution in [3.63, 3.8) is 0 Å². The van der Waals surface area contributed by atoms with Crippen molar-refractivity contribution in [2.24, 2.45) is 0 Å². The van der Waals surface area contributed by atoms with E-state index in [0.29, 0.717) is 11.4 Å². The lowest BCUT2D eigenvalue weighted by atomic mass is 10.1. The van der Waals surface area contributed by atoms with Gasteiger partial charge in [-0.3, -0.25) is 9.20 Å². The van der Waals surface area contributed by atoms with Crippen LogP contribution in [0.2, 0.25) is 0 Å². The standard InChI is InChI=1S/C21H14N4O/c26-21-19(22-15-10-4-5-11-16(15)23-21)20-18(14-8-2-1-3-9-14)24-17-12-6-7-13-25(17)20/h1-13H,(H,23,26). The Hall–Kier alpha value is -3.73. The van der Waals surface area contributed by atoms with E-state index in [1.165, 1.54) is 0 Å². The highest BCUT2D eigenvalue weighted by atomic mass is 16.1. The number of nitrogens with one attached hydrogen (secondary N) is 1. The van der Waals surface area contributed by atoms with Crippen molar-refractivity contribution in [1.82, 2.24) is 19.4 Å². The summed E-state index contributed by atoms with van der Waals surface area (Å²) in [6, 6.07) is 23.1. The molecule has 0 aliphatic carbocycles. The molecule has 3 heterocycles. The summed E-state index contributed by atoms with van der Waals surface area (Å²) < 4.78 is 1.91. The second kappa shape index (κ2) is 5.67. The first kappa shape index (κ1) is 14.6. The molecule has 0 amide bonds. The number of hydrogen-bond acceptors (Lipinski definition) is 3. The van der Waals surface area contributed by atoms with E-state index in [4.69, 9.17) is 4.98 Å². The third kappa shape index (κ3) is 2.22. The SMILES string of the molecule is O=c1[nH]c2ccccc2nc1-c1c(-c2ccccc2)nc2ccccn12. The Bertz CT molecular complexity index is 1300. The van der Waals surface area contributed by atoms with Crippen LogP contribution in [-0.2, 0) is 0 Å². The molecule has 3 aromatic heterocycles. The van der Waals surface area contributed by atoms with E-state index in [-0.39, 0.29) is 5.56 Å². The summed E-state index contributed by atoms with van der Waals surface area (Å²) in [6.45, 7) is 0. The summed E-state index contributed by atoms with van der Waals surface area (Å²) in [5.74, 6) is 0. The Labute approximate surface area is 148 Å². The van der Waals surface area contributed by atoms with Crippen molar-refractivity contribution in [3.8, 4) is 22.6 Å². The zero-order valence-electron chi connectivity index (χ0n) is 13.8. The van der Waals surface area contributed by atoms with Gasteiger partial charge in [0.15, 0.2) is 5.69 Å². The second-order valence-corrected chi connectivity index (χ2v) is 6.04. The zero-order chi connectivity index (χ0) is 17.5. The van der Waals surface area contributed by atoms with Gasteiger partial charge in [0.05, 0.1) is 16.7 Å². The number of H-pyrrole nitrogens is 1. The van der Waals surface area contributed by atoms with E-state index < -0.39 is 0 Å². The van der Waals surface area contributed by atoms with Crippen LogP contribution in [0.25, 0.3) is 39.3 Å². The summed E-state index contributed by atoms with van der Waals surface area (Å²) in [5.41, 5.74) is 4.75. The second-order valence-electron chi connectivity index (χ2n) is 6.04. The molecular weight excluding hydrogens is 324 g/mol. The maximum Gasteiger partial charge on any atom is 0.276 e. The fraction of sp³-hybridized carbons (Fsp3) is 0. The van der Waals surface area contributed by atoms with Crippen molar-refractivity contribution in [2.45, 2.75) is 0 Å². The highest BCUT2D eigenvalue weighted by Gasteiger charge is 2.19. The van der Waals surface area contributed by atoms with E-state index >= 15 is 0 Å². The molecule has 2 aromatic carbocycles. The molecule has 0 saturated carbocycles. The Morgan fingerprint density at radius 2 is 1.54 bits per heavy atom. The van der Waals surface area contributed by atoms with Gasteiger partial charge in [-0.05, 0) is 24.3 Å². The number of pyridine rings is 1. The molecule has 5 nitrogen and oxygen atoms in total. The zero-order valence-corrected chi connectivity index (χ0v) is 13.8. The first-order chi connectivity index (χ1) is 12.8. The predicted octanol–water partition coefficient (Wildman–Crippen LogP) is 3.90. The normalized spacial score (nSPS) is 11.2. The fourth-order valence-electron chi connectivity index (χ4n) is 3.21. The van der Waals surface area contributed by atoms with Gasteiger partial charge in [-0.1, -0.05) is 48.5 Å². The maximum atomic E-state index is 12.8. The number of hydrogen-bond donors (Lipinski definition) is 1. The van der Waals surface area contributed by atoms with Gasteiger partial charge in [-0.15, -0.1) is 0 Å². The van der Waals surface area contributed by atoms with Crippen molar-refractivity contribution in [3.05, 3.63) is 89.3 Å². The minimum Gasteiger partial charge on any atom is -0.319 e. The van der Waals surface area contributed by atoms with E-state index in [1.807, 2.05) is 83.4 Å². The average Bonchev–Trinajstić information content (AvgIpc) is 3.07. The first-order valence-corrected chi connectivity index (χ1v) is 8.33. The number of benzene rings is 2. The number of para-hydroxylation sites is 2. The van der Waals surface area contributed by atoms with Crippen molar-refractivity contribution in [1.29, 1.82) is 0 Å². The molecule has 124 valence electrons. The molecule has 0 saturated heterocycles. The molecule has 0 spiro atoms. The van der Waals surface area contributed by atoms with Gasteiger partial charge in [-0.2, -0.15) is 0 Å². The van der Waals surface area contributed by atoms with E-state index in [1.54, 1.807) is 0 Å².